The first-order chi connectivity index (χ1) is 12.5. The van der Waals surface area contributed by atoms with Crippen LogP contribution in [0.5, 0.6) is 5.75 Å². The fourth-order valence-corrected chi connectivity index (χ4v) is 4.16. The number of rotatable bonds is 6. The third-order valence-corrected chi connectivity index (χ3v) is 5.58. The second-order valence-corrected chi connectivity index (χ2v) is 7.91. The van der Waals surface area contributed by atoms with E-state index in [1.165, 1.54) is 11.3 Å². The lowest BCUT2D eigenvalue weighted by atomic mass is 10.2. The number of hydrogen-bond acceptors (Lipinski definition) is 7. The fraction of sp³-hybridized carbons (Fsp3) is 0.211. The van der Waals surface area contributed by atoms with Gasteiger partial charge in [0.2, 0.25) is 5.78 Å². The molecule has 0 spiro atoms. The van der Waals surface area contributed by atoms with Gasteiger partial charge in [0.05, 0.1) is 7.11 Å². The van der Waals surface area contributed by atoms with Crippen LogP contribution in [-0.2, 0) is 4.74 Å². The molecule has 1 aromatic carbocycles. The minimum atomic E-state index is -0.598. The van der Waals surface area contributed by atoms with Gasteiger partial charge in [-0.2, -0.15) is 0 Å². The van der Waals surface area contributed by atoms with E-state index >= 15 is 0 Å². The molecule has 0 bridgehead atoms. The van der Waals surface area contributed by atoms with Crippen molar-refractivity contribution in [3.8, 4) is 16.3 Å². The van der Waals surface area contributed by atoms with E-state index in [0.717, 1.165) is 21.1 Å². The van der Waals surface area contributed by atoms with E-state index in [9.17, 15) is 9.59 Å². The van der Waals surface area contributed by atoms with Crippen molar-refractivity contribution in [3.05, 3.63) is 56.7 Å². The topological polar surface area (TPSA) is 65.5 Å². The minimum Gasteiger partial charge on any atom is -0.497 e. The van der Waals surface area contributed by atoms with Crippen molar-refractivity contribution in [2.24, 2.45) is 0 Å². The summed E-state index contributed by atoms with van der Waals surface area (Å²) in [6, 6.07) is 9.23. The summed E-state index contributed by atoms with van der Waals surface area (Å²) in [7, 11) is 1.60. The molecule has 0 aliphatic carbocycles. The first-order valence-electron chi connectivity index (χ1n) is 7.85. The van der Waals surface area contributed by atoms with E-state index in [-0.39, 0.29) is 18.1 Å². The number of aryl methyl sites for hydroxylation is 2. The number of esters is 1. The summed E-state index contributed by atoms with van der Waals surface area (Å²) in [5, 5.41) is 2.34. The first-order valence-corrected chi connectivity index (χ1v) is 9.55. The van der Waals surface area contributed by atoms with Gasteiger partial charge in [-0.25, -0.2) is 9.78 Å². The summed E-state index contributed by atoms with van der Waals surface area (Å²) < 4.78 is 10.3. The maximum atomic E-state index is 12.2. The molecule has 0 aliphatic heterocycles. The van der Waals surface area contributed by atoms with Gasteiger partial charge < -0.3 is 9.47 Å². The molecule has 3 aromatic rings. The summed E-state index contributed by atoms with van der Waals surface area (Å²) in [6.45, 7) is 3.54. The van der Waals surface area contributed by atoms with E-state index in [0.29, 0.717) is 10.6 Å². The molecule has 0 unspecified atom stereocenters. The number of benzene rings is 1. The summed E-state index contributed by atoms with van der Waals surface area (Å²) in [5.41, 5.74) is 1.69. The van der Waals surface area contributed by atoms with Crippen LogP contribution in [0.15, 0.2) is 35.7 Å². The number of carbonyl (C=O) groups excluding carboxylic acids is 2. The molecule has 0 saturated heterocycles. The lowest BCUT2D eigenvalue weighted by molar-refractivity contribution is 0.0470. The Morgan fingerprint density at radius 2 is 1.88 bits per heavy atom. The number of ether oxygens (including phenoxy) is 2. The van der Waals surface area contributed by atoms with Crippen molar-refractivity contribution >= 4 is 34.4 Å². The fourth-order valence-electron chi connectivity index (χ4n) is 2.42. The number of nitrogens with zero attached hydrogens (tertiary/aromatic N) is 1. The molecule has 5 nitrogen and oxygen atoms in total. The molecule has 134 valence electrons. The van der Waals surface area contributed by atoms with Crippen LogP contribution in [0.25, 0.3) is 10.6 Å². The molecular formula is C19H17NO4S2. The minimum absolute atomic E-state index is 0.201. The molecule has 2 heterocycles. The smallest absolute Gasteiger partial charge is 0.358 e. The van der Waals surface area contributed by atoms with Crippen LogP contribution in [0.1, 0.15) is 30.6 Å². The summed E-state index contributed by atoms with van der Waals surface area (Å²) in [4.78, 5) is 30.7. The molecule has 2 aromatic heterocycles. The Kier molecular flexibility index (Phi) is 5.49. The van der Waals surface area contributed by atoms with Crippen molar-refractivity contribution in [2.75, 3.05) is 13.7 Å². The van der Waals surface area contributed by atoms with Gasteiger partial charge in [-0.3, -0.25) is 4.79 Å². The van der Waals surface area contributed by atoms with E-state index in [2.05, 4.69) is 4.98 Å². The quantitative estimate of drug-likeness (QED) is 0.459. The molecular weight excluding hydrogens is 370 g/mol. The van der Waals surface area contributed by atoms with Gasteiger partial charge in [-0.05, 0) is 44.2 Å². The summed E-state index contributed by atoms with van der Waals surface area (Å²) in [6.07, 6.45) is 0. The van der Waals surface area contributed by atoms with Crippen LogP contribution in [0, 0.1) is 13.8 Å². The van der Waals surface area contributed by atoms with Gasteiger partial charge >= 0.3 is 5.97 Å². The second kappa shape index (κ2) is 7.80. The second-order valence-electron chi connectivity index (χ2n) is 5.59. The highest BCUT2D eigenvalue weighted by Crippen LogP contribution is 2.26. The Balaban J connectivity index is 1.64. The van der Waals surface area contributed by atoms with E-state index in [1.54, 1.807) is 23.8 Å². The van der Waals surface area contributed by atoms with Crippen LogP contribution < -0.4 is 4.74 Å². The zero-order valence-corrected chi connectivity index (χ0v) is 16.2. The Morgan fingerprint density at radius 1 is 1.15 bits per heavy atom. The lowest BCUT2D eigenvalue weighted by Gasteiger charge is -2.02. The molecule has 0 aliphatic rings. The molecule has 0 amide bonds. The Bertz CT molecular complexity index is 941. The SMILES string of the molecule is COc1ccc(-c2nc(C(=O)OCC(=O)c3cc(C)sc3C)cs2)cc1. The van der Waals surface area contributed by atoms with Gasteiger partial charge in [-0.1, -0.05) is 0 Å². The van der Waals surface area contributed by atoms with Gasteiger partial charge in [0.1, 0.15) is 10.8 Å². The Labute approximate surface area is 159 Å². The molecule has 0 saturated carbocycles. The molecule has 0 radical (unpaired) electrons. The van der Waals surface area contributed by atoms with Crippen molar-refractivity contribution < 1.29 is 19.1 Å². The zero-order chi connectivity index (χ0) is 18.7. The zero-order valence-electron chi connectivity index (χ0n) is 14.6. The Hall–Kier alpha value is -2.51. The molecule has 0 N–H and O–H groups in total. The van der Waals surface area contributed by atoms with Crippen molar-refractivity contribution in [3.63, 3.8) is 0 Å². The number of ketones is 1. The first kappa shape index (κ1) is 18.3. The number of thiazole rings is 1. The molecule has 26 heavy (non-hydrogen) atoms. The predicted octanol–water partition coefficient (Wildman–Crippen LogP) is 4.54. The largest absolute Gasteiger partial charge is 0.497 e. The van der Waals surface area contributed by atoms with Crippen molar-refractivity contribution in [1.29, 1.82) is 0 Å². The van der Waals surface area contributed by atoms with Crippen LogP contribution in [0.2, 0.25) is 0 Å². The maximum Gasteiger partial charge on any atom is 0.358 e. The monoisotopic (exact) mass is 387 g/mol. The van der Waals surface area contributed by atoms with Crippen LogP contribution >= 0.6 is 22.7 Å². The highest BCUT2D eigenvalue weighted by atomic mass is 32.1. The van der Waals surface area contributed by atoms with Crippen LogP contribution in [0.4, 0.5) is 0 Å². The highest BCUT2D eigenvalue weighted by molar-refractivity contribution is 7.13. The van der Waals surface area contributed by atoms with Gasteiger partial charge in [0.25, 0.3) is 0 Å². The van der Waals surface area contributed by atoms with Gasteiger partial charge in [0.15, 0.2) is 12.3 Å². The van der Waals surface area contributed by atoms with Crippen LogP contribution in [0.3, 0.4) is 0 Å². The number of hydrogen-bond donors (Lipinski definition) is 0. The van der Waals surface area contributed by atoms with Crippen molar-refractivity contribution in [2.45, 2.75) is 13.8 Å². The third kappa shape index (κ3) is 4.00. The van der Waals surface area contributed by atoms with Gasteiger partial charge in [0, 0.05) is 26.3 Å². The van der Waals surface area contributed by atoms with E-state index in [1.807, 2.05) is 44.2 Å². The molecule has 3 rings (SSSR count). The predicted molar refractivity (Wildman–Crippen MR) is 103 cm³/mol. The third-order valence-electron chi connectivity index (χ3n) is 3.73. The number of Topliss-reactive ketones (excluding diaryl/α,β-unsaturated/α-hetero) is 1. The molecule has 0 atom stereocenters. The van der Waals surface area contributed by atoms with Crippen LogP contribution in [-0.4, -0.2) is 30.5 Å². The average molecular weight is 387 g/mol. The summed E-state index contributed by atoms with van der Waals surface area (Å²) >= 11 is 2.90. The highest BCUT2D eigenvalue weighted by Gasteiger charge is 2.17. The number of methoxy groups -OCH3 is 1. The van der Waals surface area contributed by atoms with Crippen molar-refractivity contribution in [1.82, 2.24) is 4.98 Å². The number of thiophene rings is 1. The average Bonchev–Trinajstić information content (AvgIpc) is 3.26. The number of aromatic nitrogens is 1. The standard InChI is InChI=1S/C19H17NO4S2/c1-11-8-15(12(2)26-11)17(21)9-24-19(22)16-10-25-18(20-16)13-4-6-14(23-3)7-5-13/h4-8,10H,9H2,1-3H3. The van der Waals surface area contributed by atoms with Gasteiger partial charge in [-0.15, -0.1) is 22.7 Å². The number of carbonyl (C=O) groups is 2. The molecule has 0 fully saturated rings. The lowest BCUT2D eigenvalue weighted by Crippen LogP contribution is -2.14. The summed E-state index contributed by atoms with van der Waals surface area (Å²) in [5.74, 6) is -0.0489. The van der Waals surface area contributed by atoms with E-state index in [4.69, 9.17) is 9.47 Å². The van der Waals surface area contributed by atoms with E-state index < -0.39 is 5.97 Å². The maximum absolute atomic E-state index is 12.2. The normalized spacial score (nSPS) is 10.6. The Morgan fingerprint density at radius 3 is 2.50 bits per heavy atom. The molecule has 7 heteroatoms.